The molecule has 0 atom stereocenters. The highest BCUT2D eigenvalue weighted by molar-refractivity contribution is 6.36. The first-order valence-corrected chi connectivity index (χ1v) is 14.0. The topological polar surface area (TPSA) is 97.9 Å². The number of carbonyl (C=O) groups excluding carboxylic acids is 3. The maximum atomic E-state index is 13.3. The lowest BCUT2D eigenvalue weighted by molar-refractivity contribution is 0.0744. The average molecular weight is 582 g/mol. The van der Waals surface area contributed by atoms with E-state index in [-0.39, 0.29) is 17.7 Å². The second-order valence-electron chi connectivity index (χ2n) is 9.72. The highest BCUT2D eigenvalue weighted by Crippen LogP contribution is 2.30. The maximum Gasteiger partial charge on any atom is 0.255 e. The third-order valence-electron chi connectivity index (χ3n) is 7.13. The van der Waals surface area contributed by atoms with E-state index in [9.17, 15) is 14.4 Å². The first kappa shape index (κ1) is 27.9. The van der Waals surface area contributed by atoms with Crippen molar-refractivity contribution in [1.82, 2.24) is 20.1 Å². The molecule has 2 aromatic carbocycles. The molecular formula is C29H30Cl2N6O3. The summed E-state index contributed by atoms with van der Waals surface area (Å²) in [5.74, 6) is -0.510. The number of halogens is 2. The zero-order valence-electron chi connectivity index (χ0n) is 21.9. The summed E-state index contributed by atoms with van der Waals surface area (Å²) in [6.45, 7) is 4.97. The number of pyridine rings is 1. The number of rotatable bonds is 5. The third kappa shape index (κ3) is 6.38. The van der Waals surface area contributed by atoms with Gasteiger partial charge in [-0.3, -0.25) is 19.4 Å². The highest BCUT2D eigenvalue weighted by atomic mass is 35.5. The largest absolute Gasteiger partial charge is 0.366 e. The molecule has 9 nitrogen and oxygen atoms in total. The van der Waals surface area contributed by atoms with E-state index in [2.05, 4.69) is 20.5 Å². The van der Waals surface area contributed by atoms with Crippen LogP contribution in [-0.2, 0) is 0 Å². The molecule has 40 heavy (non-hydrogen) atoms. The van der Waals surface area contributed by atoms with Gasteiger partial charge in [-0.1, -0.05) is 23.2 Å². The molecule has 3 amide bonds. The van der Waals surface area contributed by atoms with Crippen molar-refractivity contribution in [3.63, 3.8) is 0 Å². The van der Waals surface area contributed by atoms with Crippen LogP contribution in [0, 0.1) is 0 Å². The van der Waals surface area contributed by atoms with Crippen LogP contribution in [0.25, 0.3) is 0 Å². The first-order chi connectivity index (χ1) is 19.4. The summed E-state index contributed by atoms with van der Waals surface area (Å²) < 4.78 is 0. The molecule has 2 fully saturated rings. The average Bonchev–Trinajstić information content (AvgIpc) is 3.27. The maximum absolute atomic E-state index is 13.3. The Kier molecular flexibility index (Phi) is 8.84. The normalized spacial score (nSPS) is 15.9. The second kappa shape index (κ2) is 12.7. The minimum Gasteiger partial charge on any atom is -0.366 e. The number of piperazine rings is 1. The molecule has 2 aliphatic heterocycles. The molecule has 0 bridgehead atoms. The Morgan fingerprint density at radius 1 is 0.775 bits per heavy atom. The molecule has 2 saturated heterocycles. The van der Waals surface area contributed by atoms with Gasteiger partial charge in [0.25, 0.3) is 17.7 Å². The van der Waals surface area contributed by atoms with Crippen LogP contribution in [0.4, 0.5) is 11.4 Å². The number of carbonyl (C=O) groups is 3. The second-order valence-corrected chi connectivity index (χ2v) is 10.6. The summed E-state index contributed by atoms with van der Waals surface area (Å²) in [6.07, 6.45) is 4.01. The summed E-state index contributed by atoms with van der Waals surface area (Å²) in [5, 5.41) is 7.12. The van der Waals surface area contributed by atoms with Crippen molar-refractivity contribution in [3.05, 3.63) is 87.7 Å². The third-order valence-corrected chi connectivity index (χ3v) is 7.68. The number of benzene rings is 2. The van der Waals surface area contributed by atoms with Gasteiger partial charge in [-0.25, -0.2) is 0 Å². The van der Waals surface area contributed by atoms with Gasteiger partial charge in [0.2, 0.25) is 0 Å². The van der Waals surface area contributed by atoms with Crippen LogP contribution in [0.2, 0.25) is 10.0 Å². The lowest BCUT2D eigenvalue weighted by Gasteiger charge is -2.37. The number of hydrogen-bond donors (Lipinski definition) is 2. The van der Waals surface area contributed by atoms with E-state index in [4.69, 9.17) is 23.2 Å². The van der Waals surface area contributed by atoms with E-state index in [1.807, 2.05) is 17.0 Å². The zero-order valence-corrected chi connectivity index (χ0v) is 23.4. The quantitative estimate of drug-likeness (QED) is 0.472. The van der Waals surface area contributed by atoms with Crippen LogP contribution in [0.1, 0.15) is 37.5 Å². The Labute approximate surface area is 243 Å². The Balaban J connectivity index is 1.36. The minimum atomic E-state index is -0.293. The molecular weight excluding hydrogens is 551 g/mol. The molecule has 2 N–H and O–H groups in total. The van der Waals surface area contributed by atoms with Crippen molar-refractivity contribution in [2.24, 2.45) is 0 Å². The van der Waals surface area contributed by atoms with E-state index < -0.39 is 0 Å². The molecule has 2 aliphatic rings. The van der Waals surface area contributed by atoms with Gasteiger partial charge >= 0.3 is 0 Å². The van der Waals surface area contributed by atoms with E-state index in [0.29, 0.717) is 71.7 Å². The Bertz CT molecular complexity index is 1390. The summed E-state index contributed by atoms with van der Waals surface area (Å²) in [6, 6.07) is 13.6. The number of nitrogens with zero attached hydrogens (tertiary/aromatic N) is 4. The van der Waals surface area contributed by atoms with Gasteiger partial charge in [0.05, 0.1) is 22.0 Å². The van der Waals surface area contributed by atoms with Crippen molar-refractivity contribution < 1.29 is 14.4 Å². The fraction of sp³-hybridized carbons (Fsp3) is 0.310. The first-order valence-electron chi connectivity index (χ1n) is 13.3. The van der Waals surface area contributed by atoms with Crippen LogP contribution in [-0.4, -0.2) is 84.9 Å². The van der Waals surface area contributed by atoms with Crippen LogP contribution < -0.4 is 15.5 Å². The standard InChI is InChI=1S/C29H30Cl2N6O3/c30-22-3-4-23(24(31)19-22)29(40)37-16-14-35(15-17-37)26-5-2-21(28(39)36-12-1-8-32-11-13-36)18-25(26)34-27(38)20-6-9-33-10-7-20/h2-7,9-10,18-19,32H,1,8,11-17H2,(H,34,38). The molecule has 1 aromatic heterocycles. The Morgan fingerprint density at radius 2 is 1.52 bits per heavy atom. The molecule has 0 saturated carbocycles. The predicted molar refractivity (Wildman–Crippen MR) is 157 cm³/mol. The molecule has 0 spiro atoms. The summed E-state index contributed by atoms with van der Waals surface area (Å²) >= 11 is 12.3. The predicted octanol–water partition coefficient (Wildman–Crippen LogP) is 4.04. The highest BCUT2D eigenvalue weighted by Gasteiger charge is 2.26. The molecule has 0 aliphatic carbocycles. The van der Waals surface area contributed by atoms with E-state index in [1.165, 1.54) is 0 Å². The van der Waals surface area contributed by atoms with Gasteiger partial charge in [-0.2, -0.15) is 0 Å². The fourth-order valence-electron chi connectivity index (χ4n) is 4.96. The van der Waals surface area contributed by atoms with Crippen molar-refractivity contribution in [2.75, 3.05) is 62.6 Å². The SMILES string of the molecule is O=C(Nc1cc(C(=O)N2CCCNCC2)ccc1N1CCN(C(=O)c2ccc(Cl)cc2Cl)CC1)c1ccncc1. The lowest BCUT2D eigenvalue weighted by atomic mass is 10.1. The van der Waals surface area contributed by atoms with Crippen LogP contribution >= 0.6 is 23.2 Å². The van der Waals surface area contributed by atoms with Crippen molar-refractivity contribution in [3.8, 4) is 0 Å². The zero-order chi connectivity index (χ0) is 28.1. The number of hydrogen-bond acceptors (Lipinski definition) is 6. The van der Waals surface area contributed by atoms with Crippen LogP contribution in [0.3, 0.4) is 0 Å². The molecule has 5 rings (SSSR count). The Hall–Kier alpha value is -3.66. The van der Waals surface area contributed by atoms with Gasteiger partial charge in [-0.05, 0) is 61.5 Å². The van der Waals surface area contributed by atoms with E-state index >= 15 is 0 Å². The van der Waals surface area contributed by atoms with Crippen molar-refractivity contribution in [2.45, 2.75) is 6.42 Å². The number of amides is 3. The van der Waals surface area contributed by atoms with Crippen molar-refractivity contribution in [1.29, 1.82) is 0 Å². The van der Waals surface area contributed by atoms with Gasteiger partial charge in [0, 0.05) is 74.4 Å². The van der Waals surface area contributed by atoms with Crippen LogP contribution in [0.5, 0.6) is 0 Å². The van der Waals surface area contributed by atoms with Gasteiger partial charge in [-0.15, -0.1) is 0 Å². The van der Waals surface area contributed by atoms with Gasteiger partial charge in [0.1, 0.15) is 0 Å². The van der Waals surface area contributed by atoms with Gasteiger partial charge < -0.3 is 25.3 Å². The summed E-state index contributed by atoms with van der Waals surface area (Å²) in [5.41, 5.74) is 2.72. The number of aromatic nitrogens is 1. The molecule has 11 heteroatoms. The van der Waals surface area contributed by atoms with Crippen LogP contribution in [0.15, 0.2) is 60.9 Å². The number of nitrogens with one attached hydrogen (secondary N) is 2. The smallest absolute Gasteiger partial charge is 0.255 e. The molecule has 208 valence electrons. The number of anilines is 2. The molecule has 3 aromatic rings. The van der Waals surface area contributed by atoms with E-state index in [1.54, 1.807) is 53.7 Å². The Morgan fingerprint density at radius 3 is 2.27 bits per heavy atom. The molecule has 3 heterocycles. The molecule has 0 radical (unpaired) electrons. The van der Waals surface area contributed by atoms with E-state index in [0.717, 1.165) is 25.2 Å². The summed E-state index contributed by atoms with van der Waals surface area (Å²) in [7, 11) is 0. The minimum absolute atomic E-state index is 0.0649. The monoisotopic (exact) mass is 580 g/mol. The fourth-order valence-corrected chi connectivity index (χ4v) is 5.45. The van der Waals surface area contributed by atoms with Crippen molar-refractivity contribution >= 4 is 52.3 Å². The lowest BCUT2D eigenvalue weighted by Crippen LogP contribution is -2.49. The van der Waals surface area contributed by atoms with Gasteiger partial charge in [0.15, 0.2) is 0 Å². The summed E-state index contributed by atoms with van der Waals surface area (Å²) in [4.78, 5) is 49.2. The molecule has 0 unspecified atom stereocenters.